The highest BCUT2D eigenvalue weighted by molar-refractivity contribution is 6.08. The first-order chi connectivity index (χ1) is 16.4. The van der Waals surface area contributed by atoms with Gasteiger partial charge in [-0.3, -0.25) is 14.5 Å². The molecule has 0 radical (unpaired) electrons. The minimum Gasteiger partial charge on any atom is -0.497 e. The summed E-state index contributed by atoms with van der Waals surface area (Å²) in [6.45, 7) is 1.78. The second-order valence-electron chi connectivity index (χ2n) is 8.00. The molecule has 8 heteroatoms. The topological polar surface area (TPSA) is 93.0 Å². The lowest BCUT2D eigenvalue weighted by molar-refractivity contribution is -0.122. The Morgan fingerprint density at radius 3 is 2.38 bits per heavy atom. The van der Waals surface area contributed by atoms with Crippen molar-refractivity contribution in [2.75, 3.05) is 38.4 Å². The first kappa shape index (κ1) is 23.1. The lowest BCUT2D eigenvalue weighted by Crippen LogP contribution is -2.43. The number of ether oxygens (including phenoxy) is 2. The van der Waals surface area contributed by atoms with Crippen molar-refractivity contribution in [2.45, 2.75) is 13.0 Å². The third-order valence-corrected chi connectivity index (χ3v) is 5.76. The van der Waals surface area contributed by atoms with E-state index in [2.05, 4.69) is 10.6 Å². The summed E-state index contributed by atoms with van der Waals surface area (Å²) in [5.74, 6) is 0.735. The van der Waals surface area contributed by atoms with E-state index in [-0.39, 0.29) is 18.4 Å². The minimum absolute atomic E-state index is 0.0420. The third-order valence-electron chi connectivity index (χ3n) is 5.76. The molecule has 0 bridgehead atoms. The Labute approximate surface area is 197 Å². The first-order valence-electron chi connectivity index (χ1n) is 10.8. The summed E-state index contributed by atoms with van der Waals surface area (Å²) >= 11 is 0. The zero-order chi connectivity index (χ0) is 24.2. The number of nitrogens with one attached hydrogen (secondary N) is 2. The molecule has 4 aromatic rings. The van der Waals surface area contributed by atoms with Gasteiger partial charge in [0.05, 0.1) is 32.5 Å². The van der Waals surface area contributed by atoms with Gasteiger partial charge in [0, 0.05) is 22.5 Å². The molecular formula is C26H27N3O5. The zero-order valence-corrected chi connectivity index (χ0v) is 19.5. The van der Waals surface area contributed by atoms with Gasteiger partial charge in [0.2, 0.25) is 11.8 Å². The molecule has 34 heavy (non-hydrogen) atoms. The quantitative estimate of drug-likeness (QED) is 0.401. The van der Waals surface area contributed by atoms with E-state index >= 15 is 0 Å². The lowest BCUT2D eigenvalue weighted by atomic mass is 10.1. The predicted molar refractivity (Wildman–Crippen MR) is 133 cm³/mol. The number of nitrogens with zero attached hydrogens (tertiary/aromatic N) is 1. The average Bonchev–Trinajstić information content (AvgIpc) is 3.20. The molecule has 3 aromatic carbocycles. The van der Waals surface area contributed by atoms with Gasteiger partial charge in [-0.1, -0.05) is 18.2 Å². The van der Waals surface area contributed by atoms with E-state index in [1.165, 1.54) is 0 Å². The SMILES string of the molecule is COc1ccc(NC(=O)CN(C)[C@H](C)C(=O)Nc2cc3oc4ccccc4c3cc2OC)cc1. The number of anilines is 2. The maximum Gasteiger partial charge on any atom is 0.241 e. The van der Waals surface area contributed by atoms with E-state index < -0.39 is 6.04 Å². The van der Waals surface area contributed by atoms with Gasteiger partial charge >= 0.3 is 0 Å². The van der Waals surface area contributed by atoms with Crippen molar-refractivity contribution < 1.29 is 23.5 Å². The molecule has 0 aliphatic rings. The van der Waals surface area contributed by atoms with E-state index in [0.717, 1.165) is 16.4 Å². The number of rotatable bonds is 8. The predicted octanol–water partition coefficient (Wildman–Crippen LogP) is 4.50. The minimum atomic E-state index is -0.572. The smallest absolute Gasteiger partial charge is 0.241 e. The Morgan fingerprint density at radius 1 is 0.941 bits per heavy atom. The molecule has 0 aliphatic heterocycles. The number of fused-ring (bicyclic) bond motifs is 3. The molecule has 0 saturated heterocycles. The summed E-state index contributed by atoms with van der Waals surface area (Å²) in [5.41, 5.74) is 2.57. The maximum atomic E-state index is 13.0. The molecule has 2 N–H and O–H groups in total. The molecule has 0 fully saturated rings. The highest BCUT2D eigenvalue weighted by atomic mass is 16.5. The van der Waals surface area contributed by atoms with Crippen LogP contribution in [0.1, 0.15) is 6.92 Å². The van der Waals surface area contributed by atoms with E-state index in [4.69, 9.17) is 13.9 Å². The Hall–Kier alpha value is -4.04. The van der Waals surface area contributed by atoms with Crippen molar-refractivity contribution in [3.05, 3.63) is 60.7 Å². The molecule has 0 spiro atoms. The Kier molecular flexibility index (Phi) is 6.70. The van der Waals surface area contributed by atoms with Gasteiger partial charge < -0.3 is 24.5 Å². The van der Waals surface area contributed by atoms with Crippen LogP contribution >= 0.6 is 0 Å². The van der Waals surface area contributed by atoms with E-state index in [1.807, 2.05) is 30.3 Å². The lowest BCUT2D eigenvalue weighted by Gasteiger charge is -2.23. The van der Waals surface area contributed by atoms with Gasteiger partial charge in [0.15, 0.2) is 0 Å². The van der Waals surface area contributed by atoms with Crippen LogP contribution < -0.4 is 20.1 Å². The fraction of sp³-hybridized carbons (Fsp3) is 0.231. The second-order valence-corrected chi connectivity index (χ2v) is 8.00. The normalized spacial score (nSPS) is 12.0. The molecule has 1 atom stereocenters. The highest BCUT2D eigenvalue weighted by Gasteiger charge is 2.22. The van der Waals surface area contributed by atoms with Crippen LogP contribution in [0, 0.1) is 0 Å². The summed E-state index contributed by atoms with van der Waals surface area (Å²) in [6.07, 6.45) is 0. The number of likely N-dealkylation sites (N-methyl/N-ethyl adjacent to an activating group) is 1. The Balaban J connectivity index is 1.43. The van der Waals surface area contributed by atoms with Crippen molar-refractivity contribution in [1.29, 1.82) is 0 Å². The summed E-state index contributed by atoms with van der Waals surface area (Å²) in [4.78, 5) is 27.1. The number of hydrogen-bond acceptors (Lipinski definition) is 6. The second kappa shape index (κ2) is 9.84. The molecular weight excluding hydrogens is 434 g/mol. The average molecular weight is 462 g/mol. The number of methoxy groups -OCH3 is 2. The van der Waals surface area contributed by atoms with Crippen LogP contribution in [0.2, 0.25) is 0 Å². The fourth-order valence-electron chi connectivity index (χ4n) is 3.69. The van der Waals surface area contributed by atoms with Crippen LogP contribution in [0.15, 0.2) is 65.1 Å². The van der Waals surface area contributed by atoms with E-state index in [1.54, 1.807) is 63.4 Å². The third kappa shape index (κ3) is 4.82. The number of amides is 2. The molecule has 8 nitrogen and oxygen atoms in total. The van der Waals surface area contributed by atoms with Crippen LogP contribution in [-0.2, 0) is 9.59 Å². The first-order valence-corrected chi connectivity index (χ1v) is 10.8. The van der Waals surface area contributed by atoms with Gasteiger partial charge in [0.25, 0.3) is 0 Å². The Morgan fingerprint density at radius 2 is 1.68 bits per heavy atom. The largest absolute Gasteiger partial charge is 0.497 e. The number of hydrogen-bond donors (Lipinski definition) is 2. The van der Waals surface area contributed by atoms with Gasteiger partial charge in [-0.15, -0.1) is 0 Å². The van der Waals surface area contributed by atoms with Crippen molar-refractivity contribution in [1.82, 2.24) is 4.90 Å². The van der Waals surface area contributed by atoms with Crippen molar-refractivity contribution in [3.8, 4) is 11.5 Å². The number of carbonyl (C=O) groups is 2. The Bertz CT molecular complexity index is 1330. The van der Waals surface area contributed by atoms with Crippen molar-refractivity contribution in [3.63, 3.8) is 0 Å². The fourth-order valence-corrected chi connectivity index (χ4v) is 3.69. The summed E-state index contributed by atoms with van der Waals surface area (Å²) in [6, 6.07) is 17.8. The molecule has 1 aromatic heterocycles. The standard InChI is InChI=1S/C26H27N3O5/c1-16(29(2)15-25(30)27-17-9-11-18(32-3)12-10-17)26(31)28-21-14-23-20(13-24(21)33-4)19-7-5-6-8-22(19)34-23/h5-14,16H,15H2,1-4H3,(H,27,30)(H,28,31)/t16-/m1/s1. The number of para-hydroxylation sites is 1. The van der Waals surface area contributed by atoms with Gasteiger partial charge in [-0.2, -0.15) is 0 Å². The van der Waals surface area contributed by atoms with Crippen LogP contribution in [0.25, 0.3) is 21.9 Å². The van der Waals surface area contributed by atoms with Gasteiger partial charge in [-0.05, 0) is 50.4 Å². The summed E-state index contributed by atoms with van der Waals surface area (Å²) < 4.78 is 16.6. The van der Waals surface area contributed by atoms with Gasteiger partial charge in [-0.25, -0.2) is 0 Å². The maximum absolute atomic E-state index is 13.0. The monoisotopic (exact) mass is 461 g/mol. The van der Waals surface area contributed by atoms with E-state index in [0.29, 0.717) is 28.5 Å². The zero-order valence-electron chi connectivity index (χ0n) is 19.5. The molecule has 0 unspecified atom stereocenters. The van der Waals surface area contributed by atoms with E-state index in [9.17, 15) is 9.59 Å². The van der Waals surface area contributed by atoms with Crippen molar-refractivity contribution >= 4 is 45.1 Å². The number of benzene rings is 3. The summed E-state index contributed by atoms with van der Waals surface area (Å²) in [5, 5.41) is 7.61. The molecule has 1 heterocycles. The molecule has 0 saturated carbocycles. The van der Waals surface area contributed by atoms with Crippen LogP contribution in [-0.4, -0.2) is 50.6 Å². The number of furan rings is 1. The summed E-state index contributed by atoms with van der Waals surface area (Å²) in [7, 11) is 4.86. The van der Waals surface area contributed by atoms with Gasteiger partial charge in [0.1, 0.15) is 22.7 Å². The number of carbonyl (C=O) groups excluding carboxylic acids is 2. The van der Waals surface area contributed by atoms with Crippen LogP contribution in [0.5, 0.6) is 11.5 Å². The van der Waals surface area contributed by atoms with Crippen LogP contribution in [0.3, 0.4) is 0 Å². The molecule has 0 aliphatic carbocycles. The van der Waals surface area contributed by atoms with Crippen LogP contribution in [0.4, 0.5) is 11.4 Å². The molecule has 4 rings (SSSR count). The highest BCUT2D eigenvalue weighted by Crippen LogP contribution is 2.36. The molecule has 2 amide bonds. The molecule has 176 valence electrons. The van der Waals surface area contributed by atoms with Crippen molar-refractivity contribution in [2.24, 2.45) is 0 Å².